The van der Waals surface area contributed by atoms with E-state index in [9.17, 15) is 9.59 Å². The largest absolute Gasteiger partial charge is 0.240 e. The van der Waals surface area contributed by atoms with Gasteiger partial charge < -0.3 is 0 Å². The predicted octanol–water partition coefficient (Wildman–Crippen LogP) is 1.55. The summed E-state index contributed by atoms with van der Waals surface area (Å²) in [5, 5.41) is 0. The van der Waals surface area contributed by atoms with Gasteiger partial charge in [0, 0.05) is 29.6 Å². The third-order valence-electron chi connectivity index (χ3n) is 1.53. The predicted molar refractivity (Wildman–Crippen MR) is 52.5 cm³/mol. The van der Waals surface area contributed by atoms with Crippen LogP contribution in [0, 0.1) is 6.92 Å². The molecule has 0 N–H and O–H groups in total. The first-order valence-electron chi connectivity index (χ1n) is 3.54. The van der Waals surface area contributed by atoms with Gasteiger partial charge in [-0.3, -0.25) is 0 Å². The second-order valence-electron chi connectivity index (χ2n) is 2.38. The fraction of sp³-hybridized carbons (Fsp3) is 0.111. The monoisotopic (exact) mass is 197 g/mol. The number of isocyanates is 2. The quantitative estimate of drug-likeness (QED) is 0.410. The van der Waals surface area contributed by atoms with E-state index in [1.807, 2.05) is 0 Å². The van der Waals surface area contributed by atoms with Crippen LogP contribution in [0.3, 0.4) is 0 Å². The molecule has 4 nitrogen and oxygen atoms in total. The summed E-state index contributed by atoms with van der Waals surface area (Å²) in [5.74, 6) is 0. The third-order valence-corrected chi connectivity index (χ3v) is 1.53. The average Bonchev–Trinajstić information content (AvgIpc) is 2.12. The Kier molecular flexibility index (Phi) is 5.97. The molecule has 0 saturated heterocycles. The van der Waals surface area contributed by atoms with E-state index in [1.54, 1.807) is 19.1 Å². The number of nitrogens with zero attached hydrogens (tertiary/aromatic N) is 2. The maximum absolute atomic E-state index is 10.00. The number of hydrogen-bond donors (Lipinski definition) is 0. The van der Waals surface area contributed by atoms with E-state index in [4.69, 9.17) is 0 Å². The second kappa shape index (κ2) is 6.44. The fourth-order valence-electron chi connectivity index (χ4n) is 0.890. The van der Waals surface area contributed by atoms with Crippen LogP contribution in [0.4, 0.5) is 11.4 Å². The van der Waals surface area contributed by atoms with Gasteiger partial charge in [-0.1, -0.05) is 6.07 Å². The minimum absolute atomic E-state index is 0. The zero-order valence-corrected chi connectivity index (χ0v) is 9.94. The Morgan fingerprint density at radius 3 is 2.36 bits per heavy atom. The maximum atomic E-state index is 10.00. The van der Waals surface area contributed by atoms with E-state index in [-0.39, 0.29) is 29.6 Å². The molecule has 1 rings (SSSR count). The van der Waals surface area contributed by atoms with Crippen LogP contribution in [0.1, 0.15) is 5.56 Å². The van der Waals surface area contributed by atoms with Crippen LogP contribution in [-0.2, 0) is 9.59 Å². The topological polar surface area (TPSA) is 58.9 Å². The molecule has 0 spiro atoms. The van der Waals surface area contributed by atoms with Crippen LogP contribution >= 0.6 is 0 Å². The first kappa shape index (κ1) is 13.0. The van der Waals surface area contributed by atoms with Gasteiger partial charge in [0.1, 0.15) is 0 Å². The van der Waals surface area contributed by atoms with Gasteiger partial charge in [-0.25, -0.2) is 9.59 Å². The van der Waals surface area contributed by atoms with Gasteiger partial charge >= 0.3 is 0 Å². The molecule has 0 bridgehead atoms. The number of hydrogen-bond acceptors (Lipinski definition) is 4. The van der Waals surface area contributed by atoms with Crippen molar-refractivity contribution in [1.82, 2.24) is 0 Å². The first-order chi connectivity index (χ1) is 6.27. The molecule has 0 saturated carbocycles. The number of benzene rings is 1. The van der Waals surface area contributed by atoms with Gasteiger partial charge in [0.2, 0.25) is 12.2 Å². The molecule has 0 amide bonds. The Balaban J connectivity index is 0.00000169. The smallest absolute Gasteiger partial charge is 0.211 e. The van der Waals surface area contributed by atoms with E-state index >= 15 is 0 Å². The molecule has 0 unspecified atom stereocenters. The molecule has 0 fully saturated rings. The van der Waals surface area contributed by atoms with Gasteiger partial charge in [0.25, 0.3) is 0 Å². The van der Waals surface area contributed by atoms with Crippen LogP contribution in [-0.4, -0.2) is 41.7 Å². The van der Waals surface area contributed by atoms with Crippen molar-refractivity contribution < 1.29 is 9.59 Å². The zero-order valence-electron chi connectivity index (χ0n) is 7.94. The fourth-order valence-corrected chi connectivity index (χ4v) is 0.890. The van der Waals surface area contributed by atoms with Crippen molar-refractivity contribution in [3.63, 3.8) is 0 Å². The Labute approximate surface area is 103 Å². The Hall–Kier alpha value is -1.02. The van der Waals surface area contributed by atoms with Crippen LogP contribution in [0.25, 0.3) is 0 Å². The third kappa shape index (κ3) is 3.38. The molecule has 0 aliphatic heterocycles. The average molecular weight is 197 g/mol. The number of aliphatic imine (C=N–C) groups is 2. The molecule has 1 aromatic rings. The van der Waals surface area contributed by atoms with Crippen LogP contribution < -0.4 is 0 Å². The van der Waals surface area contributed by atoms with E-state index < -0.39 is 0 Å². The summed E-state index contributed by atoms with van der Waals surface area (Å²) in [6.07, 6.45) is 2.84. The zero-order chi connectivity index (χ0) is 9.68. The summed E-state index contributed by atoms with van der Waals surface area (Å²) >= 11 is 0. The second-order valence-corrected chi connectivity index (χ2v) is 2.38. The minimum atomic E-state index is 0. The van der Waals surface area contributed by atoms with Crippen molar-refractivity contribution in [2.45, 2.75) is 6.92 Å². The molecule has 1 radical (unpaired) electrons. The Bertz CT molecular complexity index is 419. The normalized spacial score (nSPS) is 7.79. The van der Waals surface area contributed by atoms with Crippen LogP contribution in [0.2, 0.25) is 0 Å². The van der Waals surface area contributed by atoms with E-state index in [1.165, 1.54) is 18.2 Å². The van der Waals surface area contributed by atoms with E-state index in [2.05, 4.69) is 9.98 Å². The van der Waals surface area contributed by atoms with Gasteiger partial charge in [0.05, 0.1) is 11.4 Å². The molecule has 0 aliphatic rings. The first-order valence-corrected chi connectivity index (χ1v) is 3.54. The Morgan fingerprint density at radius 2 is 1.79 bits per heavy atom. The summed E-state index contributed by atoms with van der Waals surface area (Å²) in [6, 6.07) is 4.88. The summed E-state index contributed by atoms with van der Waals surface area (Å²) in [6.45, 7) is 1.80. The molecule has 5 heteroatoms. The SMILES string of the molecule is Cc1ccc(N=C=O)cc1N=C=O.[Na]. The van der Waals surface area contributed by atoms with Crippen molar-refractivity contribution in [3.05, 3.63) is 23.8 Å². The van der Waals surface area contributed by atoms with Crippen LogP contribution in [0.15, 0.2) is 28.2 Å². The number of carbonyl (C=O) groups excluding carboxylic acids is 2. The van der Waals surface area contributed by atoms with Crippen molar-refractivity contribution in [2.24, 2.45) is 9.98 Å². The minimum Gasteiger partial charge on any atom is -0.211 e. The van der Waals surface area contributed by atoms with Crippen LogP contribution in [0.5, 0.6) is 0 Å². The van der Waals surface area contributed by atoms with Gasteiger partial charge in [-0.15, -0.1) is 0 Å². The summed E-state index contributed by atoms with van der Waals surface area (Å²) in [7, 11) is 0. The number of aryl methyl sites for hydroxylation is 1. The van der Waals surface area contributed by atoms with Crippen molar-refractivity contribution in [1.29, 1.82) is 0 Å². The molecule has 0 atom stereocenters. The van der Waals surface area contributed by atoms with E-state index in [0.717, 1.165) is 5.56 Å². The molecule has 14 heavy (non-hydrogen) atoms. The van der Waals surface area contributed by atoms with E-state index in [0.29, 0.717) is 11.4 Å². The molecule has 0 aromatic heterocycles. The van der Waals surface area contributed by atoms with Crippen molar-refractivity contribution in [2.75, 3.05) is 0 Å². The van der Waals surface area contributed by atoms with Gasteiger partial charge in [0.15, 0.2) is 0 Å². The molecule has 65 valence electrons. The van der Waals surface area contributed by atoms with Gasteiger partial charge in [-0.05, 0) is 24.6 Å². The standard InChI is InChI=1S/C9H6N2O2.Na/c1-7-2-3-8(10-5-12)4-9(7)11-6-13;/h2-4H,1H3;. The molecule has 1 aromatic carbocycles. The van der Waals surface area contributed by atoms with Crippen molar-refractivity contribution >= 4 is 53.1 Å². The molecular weight excluding hydrogens is 191 g/mol. The Morgan fingerprint density at radius 1 is 1.14 bits per heavy atom. The number of rotatable bonds is 2. The van der Waals surface area contributed by atoms with Gasteiger partial charge in [-0.2, -0.15) is 9.98 Å². The summed E-state index contributed by atoms with van der Waals surface area (Å²) in [5.41, 5.74) is 1.72. The summed E-state index contributed by atoms with van der Waals surface area (Å²) < 4.78 is 0. The molecule has 0 aliphatic carbocycles. The summed E-state index contributed by atoms with van der Waals surface area (Å²) in [4.78, 5) is 26.8. The molecule has 0 heterocycles. The molecular formula is C9H6N2NaO2. The maximum Gasteiger partial charge on any atom is 0.240 e. The van der Waals surface area contributed by atoms with Crippen molar-refractivity contribution in [3.8, 4) is 0 Å².